The number of rotatable bonds is 2. The average Bonchev–Trinajstić information content (AvgIpc) is 2.54. The Labute approximate surface area is 147 Å². The van der Waals surface area contributed by atoms with Gasteiger partial charge in [-0.1, -0.05) is 22.0 Å². The highest BCUT2D eigenvalue weighted by molar-refractivity contribution is 9.10. The summed E-state index contributed by atoms with van der Waals surface area (Å²) in [5.74, 6) is 0.217. The summed E-state index contributed by atoms with van der Waals surface area (Å²) < 4.78 is 6.43. The second-order valence-corrected chi connectivity index (χ2v) is 6.61. The fraction of sp³-hybridized carbons (Fsp3) is 0.158. The number of pyridine rings is 1. The van der Waals surface area contributed by atoms with Gasteiger partial charge in [0, 0.05) is 16.2 Å². The van der Waals surface area contributed by atoms with Crippen LogP contribution >= 0.6 is 15.9 Å². The van der Waals surface area contributed by atoms with Gasteiger partial charge in [0.1, 0.15) is 17.0 Å². The number of hydrogen-bond acceptors (Lipinski definition) is 4. The zero-order valence-electron chi connectivity index (χ0n) is 13.6. The quantitative estimate of drug-likeness (QED) is 0.690. The Kier molecular flexibility index (Phi) is 4.28. The fourth-order valence-electron chi connectivity index (χ4n) is 2.88. The Morgan fingerprint density at radius 2 is 1.75 bits per heavy atom. The van der Waals surface area contributed by atoms with Crippen LogP contribution in [0.15, 0.2) is 50.2 Å². The molecule has 2 aromatic heterocycles. The van der Waals surface area contributed by atoms with Crippen LogP contribution in [0, 0.1) is 20.8 Å². The van der Waals surface area contributed by atoms with E-state index >= 15 is 0 Å². The summed E-state index contributed by atoms with van der Waals surface area (Å²) in [6.45, 7) is 5.51. The molecular weight excluding hydrogens is 370 g/mol. The summed E-state index contributed by atoms with van der Waals surface area (Å²) in [4.78, 5) is 16.8. The minimum Gasteiger partial charge on any atom is -0.507 e. The molecule has 0 aliphatic heterocycles. The van der Waals surface area contributed by atoms with Crippen molar-refractivity contribution in [3.63, 3.8) is 0 Å². The fourth-order valence-corrected chi connectivity index (χ4v) is 3.57. The van der Waals surface area contributed by atoms with Crippen LogP contribution < -0.4 is 5.63 Å². The minimum atomic E-state index is -0.577. The number of aromatic nitrogens is 1. The zero-order valence-corrected chi connectivity index (χ0v) is 15.1. The predicted molar refractivity (Wildman–Crippen MR) is 97.2 cm³/mol. The lowest BCUT2D eigenvalue weighted by molar-refractivity contribution is 0.449. The van der Waals surface area contributed by atoms with E-state index in [-0.39, 0.29) is 17.1 Å². The number of aryl methyl sites for hydroxylation is 2. The third kappa shape index (κ3) is 2.76. The van der Waals surface area contributed by atoms with Crippen molar-refractivity contribution in [2.24, 2.45) is 0 Å². The van der Waals surface area contributed by atoms with Crippen molar-refractivity contribution in [1.82, 2.24) is 4.98 Å². The topological polar surface area (TPSA) is 63.3 Å². The first-order valence-corrected chi connectivity index (χ1v) is 8.24. The molecule has 0 amide bonds. The maximum atomic E-state index is 12.6. The molecule has 0 spiro atoms. The molecule has 3 aromatic rings. The maximum Gasteiger partial charge on any atom is 0.348 e. The Morgan fingerprint density at radius 1 is 1.08 bits per heavy atom. The SMILES string of the molecule is Cc1cc(Br)cc(C)c1-c1c(O)c(C)c(-c2ccccn2)oc1=O. The van der Waals surface area contributed by atoms with Crippen molar-refractivity contribution in [1.29, 1.82) is 0 Å². The Morgan fingerprint density at radius 3 is 2.33 bits per heavy atom. The molecule has 24 heavy (non-hydrogen) atoms. The highest BCUT2D eigenvalue weighted by Crippen LogP contribution is 2.38. The molecule has 1 N–H and O–H groups in total. The van der Waals surface area contributed by atoms with Crippen LogP contribution in [0.5, 0.6) is 5.75 Å². The number of nitrogens with zero attached hydrogens (tertiary/aromatic N) is 1. The van der Waals surface area contributed by atoms with Crippen LogP contribution in [0.3, 0.4) is 0 Å². The highest BCUT2D eigenvalue weighted by atomic mass is 79.9. The number of hydrogen-bond donors (Lipinski definition) is 1. The van der Waals surface area contributed by atoms with Gasteiger partial charge in [-0.05, 0) is 61.7 Å². The molecule has 2 heterocycles. The largest absolute Gasteiger partial charge is 0.507 e. The van der Waals surface area contributed by atoms with Gasteiger partial charge in [0.25, 0.3) is 0 Å². The summed E-state index contributed by atoms with van der Waals surface area (Å²) in [5, 5.41) is 10.7. The van der Waals surface area contributed by atoms with Crippen molar-refractivity contribution in [3.8, 4) is 28.3 Å². The Balaban J connectivity index is 2.30. The van der Waals surface area contributed by atoms with Crippen LogP contribution in [0.1, 0.15) is 16.7 Å². The van der Waals surface area contributed by atoms with Crippen LogP contribution in [-0.4, -0.2) is 10.1 Å². The van der Waals surface area contributed by atoms with Crippen molar-refractivity contribution in [2.45, 2.75) is 20.8 Å². The van der Waals surface area contributed by atoms with Crippen LogP contribution in [0.25, 0.3) is 22.6 Å². The Hall–Kier alpha value is -2.40. The average molecular weight is 386 g/mol. The molecule has 0 saturated heterocycles. The summed E-state index contributed by atoms with van der Waals surface area (Å²) in [5.41, 5.74) is 3.08. The first-order valence-electron chi connectivity index (χ1n) is 7.45. The lowest BCUT2D eigenvalue weighted by atomic mass is 9.95. The molecule has 0 atom stereocenters. The molecule has 0 unspecified atom stereocenters. The maximum absolute atomic E-state index is 12.6. The van der Waals surface area contributed by atoms with Crippen LogP contribution in [0.4, 0.5) is 0 Å². The molecule has 0 aliphatic rings. The molecule has 122 valence electrons. The molecule has 4 nitrogen and oxygen atoms in total. The lowest BCUT2D eigenvalue weighted by Crippen LogP contribution is -2.08. The Bertz CT molecular complexity index is 955. The predicted octanol–water partition coefficient (Wildman–Crippen LogP) is 4.76. The van der Waals surface area contributed by atoms with E-state index in [4.69, 9.17) is 4.42 Å². The van der Waals surface area contributed by atoms with Gasteiger partial charge >= 0.3 is 5.63 Å². The van der Waals surface area contributed by atoms with Crippen molar-refractivity contribution < 1.29 is 9.52 Å². The van der Waals surface area contributed by atoms with Crippen molar-refractivity contribution in [2.75, 3.05) is 0 Å². The monoisotopic (exact) mass is 385 g/mol. The van der Waals surface area contributed by atoms with Gasteiger partial charge < -0.3 is 9.52 Å². The molecule has 0 saturated carbocycles. The highest BCUT2D eigenvalue weighted by Gasteiger charge is 2.22. The van der Waals surface area contributed by atoms with E-state index in [0.717, 1.165) is 15.6 Å². The summed E-state index contributed by atoms with van der Waals surface area (Å²) in [6, 6.07) is 9.13. The van der Waals surface area contributed by atoms with Gasteiger partial charge in [0.2, 0.25) is 0 Å². The normalized spacial score (nSPS) is 10.8. The van der Waals surface area contributed by atoms with Gasteiger partial charge in [0.15, 0.2) is 5.76 Å². The smallest absolute Gasteiger partial charge is 0.348 e. The molecule has 0 bridgehead atoms. The molecule has 0 fully saturated rings. The molecule has 3 rings (SSSR count). The first-order chi connectivity index (χ1) is 11.4. The van der Waals surface area contributed by atoms with E-state index < -0.39 is 5.63 Å². The minimum absolute atomic E-state index is 0.0691. The van der Waals surface area contributed by atoms with Crippen LogP contribution in [0.2, 0.25) is 0 Å². The molecule has 5 heteroatoms. The van der Waals surface area contributed by atoms with E-state index in [0.29, 0.717) is 16.8 Å². The second-order valence-electron chi connectivity index (χ2n) is 5.70. The molecular formula is C19H16BrNO3. The zero-order chi connectivity index (χ0) is 17.4. The number of benzene rings is 1. The van der Waals surface area contributed by atoms with E-state index in [1.165, 1.54) is 0 Å². The molecule has 1 aromatic carbocycles. The van der Waals surface area contributed by atoms with Gasteiger partial charge in [0.05, 0.1) is 0 Å². The lowest BCUT2D eigenvalue weighted by Gasteiger charge is -2.14. The van der Waals surface area contributed by atoms with Crippen molar-refractivity contribution in [3.05, 3.63) is 68.1 Å². The van der Waals surface area contributed by atoms with E-state index in [1.54, 1.807) is 31.3 Å². The van der Waals surface area contributed by atoms with E-state index in [9.17, 15) is 9.90 Å². The molecule has 0 aliphatic carbocycles. The van der Waals surface area contributed by atoms with Gasteiger partial charge in [-0.15, -0.1) is 0 Å². The summed E-state index contributed by atoms with van der Waals surface area (Å²) >= 11 is 3.44. The number of aromatic hydroxyl groups is 1. The third-order valence-corrected chi connectivity index (χ3v) is 4.43. The standard InChI is InChI=1S/C19H16BrNO3/c1-10-8-13(20)9-11(2)15(10)16-17(22)12(3)18(24-19(16)23)14-6-4-5-7-21-14/h4-9,22H,1-3H3. The second kappa shape index (κ2) is 6.24. The summed E-state index contributed by atoms with van der Waals surface area (Å²) in [7, 11) is 0. The van der Waals surface area contributed by atoms with E-state index in [1.807, 2.05) is 26.0 Å². The van der Waals surface area contributed by atoms with Gasteiger partial charge in [-0.25, -0.2) is 4.79 Å². The first kappa shape index (κ1) is 16.5. The summed E-state index contributed by atoms with van der Waals surface area (Å²) in [6.07, 6.45) is 1.61. The van der Waals surface area contributed by atoms with Gasteiger partial charge in [-0.3, -0.25) is 4.98 Å². The van der Waals surface area contributed by atoms with Crippen molar-refractivity contribution >= 4 is 15.9 Å². The van der Waals surface area contributed by atoms with Crippen LogP contribution in [-0.2, 0) is 0 Å². The number of halogens is 1. The van der Waals surface area contributed by atoms with Gasteiger partial charge in [-0.2, -0.15) is 0 Å². The third-order valence-electron chi connectivity index (χ3n) is 3.98. The molecule has 0 radical (unpaired) electrons. The van der Waals surface area contributed by atoms with E-state index in [2.05, 4.69) is 20.9 Å².